The zero-order valence-electron chi connectivity index (χ0n) is 24.4. The van der Waals surface area contributed by atoms with Crippen molar-refractivity contribution in [3.63, 3.8) is 0 Å². The minimum atomic E-state index is -0.294. The van der Waals surface area contributed by atoms with Gasteiger partial charge in [-0.25, -0.2) is 4.68 Å². The fraction of sp³-hybridized carbons (Fsp3) is 0.469. The Hall–Kier alpha value is -3.10. The summed E-state index contributed by atoms with van der Waals surface area (Å²) in [5.41, 5.74) is 7.06. The van der Waals surface area contributed by atoms with Crippen molar-refractivity contribution >= 4 is 29.4 Å². The highest BCUT2D eigenvalue weighted by atomic mass is 32.2. The van der Waals surface area contributed by atoms with Gasteiger partial charge in [-0.1, -0.05) is 68.3 Å². The van der Waals surface area contributed by atoms with Crippen LogP contribution in [0.15, 0.2) is 42.5 Å². The molecule has 2 amide bonds. The first-order chi connectivity index (χ1) is 19.0. The van der Waals surface area contributed by atoms with Crippen LogP contribution >= 0.6 is 11.8 Å². The van der Waals surface area contributed by atoms with Crippen LogP contribution in [0.2, 0.25) is 0 Å². The zero-order valence-corrected chi connectivity index (χ0v) is 25.2. The van der Waals surface area contributed by atoms with E-state index in [0.717, 1.165) is 53.1 Å². The van der Waals surface area contributed by atoms with Crippen molar-refractivity contribution in [1.82, 2.24) is 15.1 Å². The molecule has 2 unspecified atom stereocenters. The number of benzene rings is 2. The van der Waals surface area contributed by atoms with Crippen molar-refractivity contribution < 1.29 is 14.3 Å². The summed E-state index contributed by atoms with van der Waals surface area (Å²) in [6, 6.07) is 14.7. The van der Waals surface area contributed by atoms with Crippen molar-refractivity contribution in [2.24, 2.45) is 0 Å². The van der Waals surface area contributed by atoms with Crippen LogP contribution in [0.4, 0.5) is 5.82 Å². The molecule has 1 fully saturated rings. The van der Waals surface area contributed by atoms with Gasteiger partial charge in [0.1, 0.15) is 12.4 Å². The summed E-state index contributed by atoms with van der Waals surface area (Å²) in [6.45, 7) is 13.8. The number of aromatic nitrogens is 2. The maximum atomic E-state index is 13.9. The topological polar surface area (TPSA) is 76.5 Å². The number of aryl methyl sites for hydroxylation is 3. The number of carbonyl (C=O) groups is 2. The lowest BCUT2D eigenvalue weighted by Crippen LogP contribution is -2.44. The predicted molar refractivity (Wildman–Crippen MR) is 162 cm³/mol. The van der Waals surface area contributed by atoms with Crippen molar-refractivity contribution in [2.75, 3.05) is 30.3 Å². The van der Waals surface area contributed by atoms with Gasteiger partial charge < -0.3 is 10.1 Å². The lowest BCUT2D eigenvalue weighted by atomic mass is 9.87. The van der Waals surface area contributed by atoms with Gasteiger partial charge in [-0.3, -0.25) is 14.5 Å². The number of amides is 2. The molecule has 0 aliphatic carbocycles. The summed E-state index contributed by atoms with van der Waals surface area (Å²) in [4.78, 5) is 28.8. The average molecular weight is 561 g/mol. The van der Waals surface area contributed by atoms with E-state index in [4.69, 9.17) is 9.84 Å². The first kappa shape index (κ1) is 28.4. The van der Waals surface area contributed by atoms with E-state index in [2.05, 4.69) is 89.3 Å². The quantitative estimate of drug-likeness (QED) is 0.427. The summed E-state index contributed by atoms with van der Waals surface area (Å²) in [5.74, 6) is 0.660. The molecule has 8 heteroatoms. The number of nitrogens with zero attached hydrogens (tertiary/aromatic N) is 3. The second-order valence-electron chi connectivity index (χ2n) is 12.1. The van der Waals surface area contributed by atoms with Crippen LogP contribution < -0.4 is 10.2 Å². The molecule has 1 N–H and O–H groups in total. The number of anilines is 1. The van der Waals surface area contributed by atoms with Crippen LogP contribution in [0.3, 0.4) is 0 Å². The molecule has 7 nitrogen and oxygen atoms in total. The fourth-order valence-corrected chi connectivity index (χ4v) is 6.80. The molecule has 2 aliphatic heterocycles. The first-order valence-electron chi connectivity index (χ1n) is 14.1. The van der Waals surface area contributed by atoms with E-state index in [1.54, 1.807) is 16.7 Å². The number of ether oxygens (including phenoxy) is 1. The highest BCUT2D eigenvalue weighted by molar-refractivity contribution is 8.00. The van der Waals surface area contributed by atoms with E-state index in [0.29, 0.717) is 12.4 Å². The monoisotopic (exact) mass is 560 g/mol. The molecule has 2 atom stereocenters. The van der Waals surface area contributed by atoms with Crippen LogP contribution in [0.1, 0.15) is 72.4 Å². The second kappa shape index (κ2) is 11.4. The maximum absolute atomic E-state index is 13.9. The van der Waals surface area contributed by atoms with E-state index in [1.807, 2.05) is 4.68 Å². The number of nitrogens with one attached hydrogen (secondary N) is 1. The molecule has 0 radical (unpaired) electrons. The van der Waals surface area contributed by atoms with E-state index >= 15 is 0 Å². The van der Waals surface area contributed by atoms with Crippen molar-refractivity contribution in [1.29, 1.82) is 0 Å². The maximum Gasteiger partial charge on any atom is 0.240 e. The molecule has 212 valence electrons. The zero-order chi connectivity index (χ0) is 28.6. The van der Waals surface area contributed by atoms with Crippen LogP contribution in [0, 0.1) is 20.8 Å². The van der Waals surface area contributed by atoms with Gasteiger partial charge in [0.25, 0.3) is 0 Å². The minimum absolute atomic E-state index is 0.0360. The molecule has 3 heterocycles. The third-order valence-corrected chi connectivity index (χ3v) is 8.83. The van der Waals surface area contributed by atoms with E-state index in [-0.39, 0.29) is 40.9 Å². The van der Waals surface area contributed by atoms with Gasteiger partial charge in [0.15, 0.2) is 0 Å². The molecule has 3 aromatic rings. The Kier molecular flexibility index (Phi) is 8.11. The normalized spacial score (nSPS) is 19.4. The largest absolute Gasteiger partial charge is 0.376 e. The molecule has 2 aromatic carbocycles. The third-order valence-electron chi connectivity index (χ3n) is 7.58. The Balaban J connectivity index is 1.68. The highest BCUT2D eigenvalue weighted by Gasteiger charge is 2.40. The Labute approximate surface area is 241 Å². The minimum Gasteiger partial charge on any atom is -0.376 e. The Morgan fingerprint density at radius 2 is 1.90 bits per heavy atom. The van der Waals surface area contributed by atoms with Crippen molar-refractivity contribution in [3.8, 4) is 5.69 Å². The van der Waals surface area contributed by atoms with Gasteiger partial charge in [-0.15, -0.1) is 11.8 Å². The Morgan fingerprint density at radius 3 is 2.58 bits per heavy atom. The predicted octanol–water partition coefficient (Wildman–Crippen LogP) is 5.56. The van der Waals surface area contributed by atoms with E-state index in [9.17, 15) is 9.59 Å². The van der Waals surface area contributed by atoms with Crippen LogP contribution in [0.5, 0.6) is 0 Å². The summed E-state index contributed by atoms with van der Waals surface area (Å²) >= 11 is 1.61. The van der Waals surface area contributed by atoms with Gasteiger partial charge >= 0.3 is 0 Å². The molecular weight excluding hydrogens is 520 g/mol. The summed E-state index contributed by atoms with van der Waals surface area (Å²) < 4.78 is 7.60. The van der Waals surface area contributed by atoms with Crippen LogP contribution in [-0.4, -0.2) is 53.1 Å². The Bertz CT molecular complexity index is 1420. The van der Waals surface area contributed by atoms with Crippen molar-refractivity contribution in [3.05, 3.63) is 76.0 Å². The standard InChI is InChI=1S/C32H40N4O3S/c1-20-9-7-10-23(16-20)29-28-30(32(4,5)6)34-36(25-13-12-21(2)15-22(25)3)31(28)35(27(38)19-40-29)18-26(37)33-17-24-11-8-14-39-24/h7,9-10,12-13,15-16,24,29H,8,11,14,17-19H2,1-6H3,(H,33,37). The van der Waals surface area contributed by atoms with E-state index < -0.39 is 0 Å². The summed E-state index contributed by atoms with van der Waals surface area (Å²) in [7, 11) is 0. The molecular formula is C32H40N4O3S. The number of hydrogen-bond donors (Lipinski definition) is 1. The third kappa shape index (κ3) is 5.84. The molecule has 1 saturated heterocycles. The highest BCUT2D eigenvalue weighted by Crippen LogP contribution is 2.48. The van der Waals surface area contributed by atoms with Gasteiger partial charge in [-0.2, -0.15) is 5.10 Å². The van der Waals surface area contributed by atoms with Crippen LogP contribution in [-0.2, 0) is 19.7 Å². The SMILES string of the molecule is Cc1cccc(C2SCC(=O)N(CC(=O)NCC3CCCO3)c3c2c(C(C)(C)C)nn3-c2ccc(C)cc2C)c1. The molecule has 2 aliphatic rings. The fourth-order valence-electron chi connectivity index (χ4n) is 5.61. The first-order valence-corrected chi connectivity index (χ1v) is 15.2. The molecule has 0 saturated carbocycles. The van der Waals surface area contributed by atoms with Gasteiger partial charge in [-0.05, 0) is 50.8 Å². The molecule has 5 rings (SSSR count). The number of carbonyl (C=O) groups excluding carboxylic acids is 2. The van der Waals surface area contributed by atoms with Gasteiger partial charge in [0.05, 0.1) is 28.5 Å². The molecule has 0 bridgehead atoms. The number of rotatable bonds is 6. The molecule has 40 heavy (non-hydrogen) atoms. The molecule has 1 aromatic heterocycles. The smallest absolute Gasteiger partial charge is 0.240 e. The lowest BCUT2D eigenvalue weighted by molar-refractivity contribution is -0.123. The summed E-state index contributed by atoms with van der Waals surface area (Å²) in [5, 5.41) is 8.13. The van der Waals surface area contributed by atoms with Crippen molar-refractivity contribution in [2.45, 2.75) is 71.2 Å². The lowest BCUT2D eigenvalue weighted by Gasteiger charge is -2.25. The number of fused-ring (bicyclic) bond motifs is 1. The van der Waals surface area contributed by atoms with Crippen LogP contribution in [0.25, 0.3) is 5.69 Å². The average Bonchev–Trinajstić information content (AvgIpc) is 3.52. The van der Waals surface area contributed by atoms with Gasteiger partial charge in [0.2, 0.25) is 11.8 Å². The number of hydrogen-bond acceptors (Lipinski definition) is 5. The van der Waals surface area contributed by atoms with Gasteiger partial charge in [0, 0.05) is 24.1 Å². The van der Waals surface area contributed by atoms with E-state index in [1.165, 1.54) is 5.56 Å². The second-order valence-corrected chi connectivity index (χ2v) is 13.2. The Morgan fingerprint density at radius 1 is 1.12 bits per heavy atom. The molecule has 0 spiro atoms. The summed E-state index contributed by atoms with van der Waals surface area (Å²) in [6.07, 6.45) is 1.99. The number of thioether (sulfide) groups is 1.